The summed E-state index contributed by atoms with van der Waals surface area (Å²) in [5, 5.41) is 6.59. The van der Waals surface area contributed by atoms with E-state index in [2.05, 4.69) is 22.8 Å². The maximum absolute atomic E-state index is 12.5. The lowest BCUT2D eigenvalue weighted by Gasteiger charge is -2.30. The summed E-state index contributed by atoms with van der Waals surface area (Å²) in [7, 11) is 0. The summed E-state index contributed by atoms with van der Waals surface area (Å²) in [6, 6.07) is 8.75. The molecule has 1 aliphatic heterocycles. The van der Waals surface area contributed by atoms with Gasteiger partial charge in [0.2, 0.25) is 5.91 Å². The molecule has 1 aliphatic carbocycles. The van der Waals surface area contributed by atoms with Gasteiger partial charge in [-0.15, -0.1) is 0 Å². The van der Waals surface area contributed by atoms with Crippen molar-refractivity contribution in [1.29, 1.82) is 0 Å². The number of fused-ring (bicyclic) bond motifs is 1. The number of anilines is 1. The lowest BCUT2D eigenvalue weighted by molar-refractivity contribution is -0.123. The van der Waals surface area contributed by atoms with Gasteiger partial charge in [0.25, 0.3) is 0 Å². The van der Waals surface area contributed by atoms with Gasteiger partial charge in [0.1, 0.15) is 0 Å². The Kier molecular flexibility index (Phi) is 3.92. The van der Waals surface area contributed by atoms with E-state index in [1.54, 1.807) is 0 Å². The number of para-hydroxylation sites is 1. The van der Waals surface area contributed by atoms with Crippen LogP contribution >= 0.6 is 0 Å². The fourth-order valence-electron chi connectivity index (χ4n) is 3.31. The van der Waals surface area contributed by atoms with E-state index in [1.807, 2.05) is 12.1 Å². The van der Waals surface area contributed by atoms with Crippen molar-refractivity contribution in [3.05, 3.63) is 29.8 Å². The molecule has 0 saturated heterocycles. The van der Waals surface area contributed by atoms with Crippen molar-refractivity contribution in [3.8, 4) is 0 Å². The van der Waals surface area contributed by atoms with Gasteiger partial charge in [-0.25, -0.2) is 0 Å². The maximum Gasteiger partial charge on any atom is 0.227 e. The van der Waals surface area contributed by atoms with Gasteiger partial charge in [-0.05, 0) is 43.7 Å². The van der Waals surface area contributed by atoms with Gasteiger partial charge < -0.3 is 16.4 Å². The zero-order valence-electron chi connectivity index (χ0n) is 11.8. The second-order valence-electron chi connectivity index (χ2n) is 5.98. The fraction of sp³-hybridized carbons (Fsp3) is 0.562. The zero-order valence-corrected chi connectivity index (χ0v) is 11.8. The Bertz CT molecular complexity index is 480. The molecule has 0 bridgehead atoms. The van der Waals surface area contributed by atoms with E-state index in [9.17, 15) is 4.79 Å². The molecular formula is C16H23N3O. The first kappa shape index (κ1) is 13.4. The van der Waals surface area contributed by atoms with Crippen molar-refractivity contribution in [2.24, 2.45) is 5.73 Å². The first-order chi connectivity index (χ1) is 9.74. The number of hydrogen-bond acceptors (Lipinski definition) is 3. The van der Waals surface area contributed by atoms with Crippen LogP contribution in [0.2, 0.25) is 0 Å². The van der Waals surface area contributed by atoms with Gasteiger partial charge in [0.05, 0.1) is 5.92 Å². The zero-order chi connectivity index (χ0) is 13.9. The van der Waals surface area contributed by atoms with E-state index in [0.29, 0.717) is 12.1 Å². The molecule has 1 saturated carbocycles. The summed E-state index contributed by atoms with van der Waals surface area (Å²) < 4.78 is 0. The molecule has 4 nitrogen and oxygen atoms in total. The summed E-state index contributed by atoms with van der Waals surface area (Å²) in [6.45, 7) is 0.866. The average Bonchev–Trinajstić information content (AvgIpc) is 2.49. The maximum atomic E-state index is 12.5. The van der Waals surface area contributed by atoms with Crippen molar-refractivity contribution in [2.45, 2.75) is 50.1 Å². The topological polar surface area (TPSA) is 67.1 Å². The van der Waals surface area contributed by atoms with E-state index in [-0.39, 0.29) is 11.8 Å². The lowest BCUT2D eigenvalue weighted by Crippen LogP contribution is -2.43. The molecule has 0 radical (unpaired) electrons. The van der Waals surface area contributed by atoms with Crippen molar-refractivity contribution in [2.75, 3.05) is 11.9 Å². The average molecular weight is 273 g/mol. The van der Waals surface area contributed by atoms with E-state index in [0.717, 1.165) is 49.9 Å². The SMILES string of the molecule is NC1CCC(NC(=O)C2CCNc3ccccc32)CC1. The van der Waals surface area contributed by atoms with Crippen LogP contribution in [0, 0.1) is 0 Å². The predicted octanol–water partition coefficient (Wildman–Crippen LogP) is 1.97. The third kappa shape index (κ3) is 2.80. The Morgan fingerprint density at radius 2 is 1.90 bits per heavy atom. The van der Waals surface area contributed by atoms with Crippen LogP contribution in [0.5, 0.6) is 0 Å². The predicted molar refractivity (Wildman–Crippen MR) is 80.7 cm³/mol. The summed E-state index contributed by atoms with van der Waals surface area (Å²) in [6.07, 6.45) is 4.94. The van der Waals surface area contributed by atoms with Crippen molar-refractivity contribution in [1.82, 2.24) is 5.32 Å². The second-order valence-corrected chi connectivity index (χ2v) is 5.98. The van der Waals surface area contributed by atoms with Crippen LogP contribution in [0.25, 0.3) is 0 Å². The summed E-state index contributed by atoms with van der Waals surface area (Å²) in [4.78, 5) is 12.5. The molecule has 4 N–H and O–H groups in total. The molecular weight excluding hydrogens is 250 g/mol. The molecule has 1 atom stereocenters. The van der Waals surface area contributed by atoms with Crippen molar-refractivity contribution < 1.29 is 4.79 Å². The number of benzene rings is 1. The van der Waals surface area contributed by atoms with Gasteiger partial charge >= 0.3 is 0 Å². The minimum Gasteiger partial charge on any atom is -0.385 e. The number of hydrogen-bond donors (Lipinski definition) is 3. The first-order valence-corrected chi connectivity index (χ1v) is 7.63. The van der Waals surface area contributed by atoms with Crippen LogP contribution in [-0.4, -0.2) is 24.5 Å². The highest BCUT2D eigenvalue weighted by atomic mass is 16.1. The van der Waals surface area contributed by atoms with E-state index >= 15 is 0 Å². The van der Waals surface area contributed by atoms with Gasteiger partial charge in [0.15, 0.2) is 0 Å². The largest absolute Gasteiger partial charge is 0.385 e. The molecule has 0 aromatic heterocycles. The smallest absolute Gasteiger partial charge is 0.227 e. The van der Waals surface area contributed by atoms with Gasteiger partial charge in [-0.3, -0.25) is 4.79 Å². The minimum absolute atomic E-state index is 0.0111. The number of nitrogens with two attached hydrogens (primary N) is 1. The molecule has 1 heterocycles. The molecule has 1 unspecified atom stereocenters. The third-order valence-electron chi connectivity index (χ3n) is 4.52. The number of carbonyl (C=O) groups is 1. The Morgan fingerprint density at radius 3 is 2.70 bits per heavy atom. The number of carbonyl (C=O) groups excluding carboxylic acids is 1. The summed E-state index contributed by atoms with van der Waals surface area (Å²) >= 11 is 0. The number of amides is 1. The molecule has 1 fully saturated rings. The molecule has 1 aromatic carbocycles. The first-order valence-electron chi connectivity index (χ1n) is 7.63. The molecule has 4 heteroatoms. The van der Waals surface area contributed by atoms with E-state index in [4.69, 9.17) is 5.73 Å². The van der Waals surface area contributed by atoms with Gasteiger partial charge in [-0.1, -0.05) is 18.2 Å². The molecule has 20 heavy (non-hydrogen) atoms. The Hall–Kier alpha value is -1.55. The minimum atomic E-state index is -0.0111. The molecule has 3 rings (SSSR count). The molecule has 1 aromatic rings. The molecule has 2 aliphatic rings. The Labute approximate surface area is 120 Å². The van der Waals surface area contributed by atoms with Crippen molar-refractivity contribution in [3.63, 3.8) is 0 Å². The quantitative estimate of drug-likeness (QED) is 0.772. The Balaban J connectivity index is 1.66. The van der Waals surface area contributed by atoms with Gasteiger partial charge in [0, 0.05) is 24.3 Å². The summed E-state index contributed by atoms with van der Waals surface area (Å²) in [5.41, 5.74) is 8.14. The fourth-order valence-corrected chi connectivity index (χ4v) is 3.31. The number of rotatable bonds is 2. The highest BCUT2D eigenvalue weighted by molar-refractivity contribution is 5.86. The van der Waals surface area contributed by atoms with Crippen LogP contribution in [0.3, 0.4) is 0 Å². The lowest BCUT2D eigenvalue weighted by atomic mass is 9.88. The molecule has 1 amide bonds. The molecule has 108 valence electrons. The highest BCUT2D eigenvalue weighted by Gasteiger charge is 2.28. The van der Waals surface area contributed by atoms with Crippen LogP contribution in [0.4, 0.5) is 5.69 Å². The number of nitrogens with one attached hydrogen (secondary N) is 2. The normalized spacial score (nSPS) is 29.1. The van der Waals surface area contributed by atoms with Crippen LogP contribution in [0.1, 0.15) is 43.6 Å². The van der Waals surface area contributed by atoms with Crippen LogP contribution in [0.15, 0.2) is 24.3 Å². The molecule has 0 spiro atoms. The highest BCUT2D eigenvalue weighted by Crippen LogP contribution is 2.31. The third-order valence-corrected chi connectivity index (χ3v) is 4.52. The van der Waals surface area contributed by atoms with E-state index < -0.39 is 0 Å². The standard InChI is InChI=1S/C16H23N3O/c17-11-5-7-12(8-6-11)19-16(20)14-9-10-18-15-4-2-1-3-13(14)15/h1-4,11-12,14,18H,5-10,17H2,(H,19,20). The second kappa shape index (κ2) is 5.83. The van der Waals surface area contributed by atoms with Crippen LogP contribution < -0.4 is 16.4 Å². The summed E-state index contributed by atoms with van der Waals surface area (Å²) in [5.74, 6) is 0.169. The van der Waals surface area contributed by atoms with Crippen LogP contribution in [-0.2, 0) is 4.79 Å². The Morgan fingerprint density at radius 1 is 1.15 bits per heavy atom. The van der Waals surface area contributed by atoms with Crippen molar-refractivity contribution >= 4 is 11.6 Å². The van der Waals surface area contributed by atoms with Gasteiger partial charge in [-0.2, -0.15) is 0 Å². The monoisotopic (exact) mass is 273 g/mol. The van der Waals surface area contributed by atoms with E-state index in [1.165, 1.54) is 0 Å².